The highest BCUT2D eigenvalue weighted by Crippen LogP contribution is 2.25. The van der Waals surface area contributed by atoms with E-state index < -0.39 is 0 Å². The van der Waals surface area contributed by atoms with Crippen LogP contribution in [0.4, 0.5) is 0 Å². The summed E-state index contributed by atoms with van der Waals surface area (Å²) in [5.41, 5.74) is 3.72. The van der Waals surface area contributed by atoms with Gasteiger partial charge in [0.25, 0.3) is 5.65 Å². The molecule has 2 heteroatoms. The number of aryl methyl sites for hydroxylation is 2. The zero-order valence-corrected chi connectivity index (χ0v) is 8.91. The van der Waals surface area contributed by atoms with Gasteiger partial charge < -0.3 is 0 Å². The molecule has 2 heterocycles. The number of hydrogen-bond acceptors (Lipinski definition) is 0. The third-order valence-electron chi connectivity index (χ3n) is 2.98. The van der Waals surface area contributed by atoms with Crippen molar-refractivity contribution in [3.05, 3.63) is 42.1 Å². The average Bonchev–Trinajstić information content (AvgIpc) is 2.64. The summed E-state index contributed by atoms with van der Waals surface area (Å²) in [4.78, 5) is 3.45. The summed E-state index contributed by atoms with van der Waals surface area (Å²) in [6.07, 6.45) is 2.09. The monoisotopic (exact) mass is 197 g/mol. The third-order valence-corrected chi connectivity index (χ3v) is 2.98. The van der Waals surface area contributed by atoms with Crippen LogP contribution in [-0.2, 0) is 7.05 Å². The average molecular weight is 197 g/mol. The predicted molar refractivity (Wildman–Crippen MR) is 61.7 cm³/mol. The second-order valence-electron chi connectivity index (χ2n) is 4.00. The SMILES string of the molecule is Cc1cc[n+](C)c2[nH]c3ccccc3c12. The first-order valence-electron chi connectivity index (χ1n) is 5.13. The van der Waals surface area contributed by atoms with Gasteiger partial charge in [0.2, 0.25) is 0 Å². The van der Waals surface area contributed by atoms with Gasteiger partial charge in [-0.2, -0.15) is 0 Å². The summed E-state index contributed by atoms with van der Waals surface area (Å²) in [6.45, 7) is 2.16. The second kappa shape index (κ2) is 2.83. The molecule has 15 heavy (non-hydrogen) atoms. The van der Waals surface area contributed by atoms with Crippen molar-refractivity contribution in [1.29, 1.82) is 0 Å². The zero-order valence-electron chi connectivity index (χ0n) is 8.91. The molecule has 0 saturated carbocycles. The Kier molecular flexibility index (Phi) is 1.60. The first kappa shape index (κ1) is 8.48. The number of para-hydroxylation sites is 1. The molecule has 0 aliphatic carbocycles. The Morgan fingerprint density at radius 2 is 1.93 bits per heavy atom. The lowest BCUT2D eigenvalue weighted by Crippen LogP contribution is -2.28. The van der Waals surface area contributed by atoms with Gasteiger partial charge in [0.15, 0.2) is 0 Å². The minimum atomic E-state index is 1.19. The van der Waals surface area contributed by atoms with Crippen LogP contribution in [0.25, 0.3) is 21.9 Å². The van der Waals surface area contributed by atoms with Crippen LogP contribution in [-0.4, -0.2) is 4.98 Å². The Balaban J connectivity index is 2.66. The molecule has 0 spiro atoms. The van der Waals surface area contributed by atoms with Crippen LogP contribution in [0.15, 0.2) is 36.5 Å². The van der Waals surface area contributed by atoms with E-state index in [1.807, 2.05) is 0 Å². The van der Waals surface area contributed by atoms with Crippen molar-refractivity contribution in [3.8, 4) is 0 Å². The molecule has 0 saturated heterocycles. The number of hydrogen-bond donors (Lipinski definition) is 1. The van der Waals surface area contributed by atoms with E-state index in [0.717, 1.165) is 0 Å². The van der Waals surface area contributed by atoms with Crippen molar-refractivity contribution in [3.63, 3.8) is 0 Å². The number of pyridine rings is 1. The van der Waals surface area contributed by atoms with Gasteiger partial charge in [0, 0.05) is 5.39 Å². The Hall–Kier alpha value is -1.83. The van der Waals surface area contributed by atoms with Gasteiger partial charge >= 0.3 is 0 Å². The van der Waals surface area contributed by atoms with Crippen LogP contribution in [0.2, 0.25) is 0 Å². The van der Waals surface area contributed by atoms with E-state index in [9.17, 15) is 0 Å². The quantitative estimate of drug-likeness (QED) is 0.534. The number of H-pyrrole nitrogens is 1. The summed E-state index contributed by atoms with van der Waals surface area (Å²) in [7, 11) is 2.07. The predicted octanol–water partition coefficient (Wildman–Crippen LogP) is 2.45. The van der Waals surface area contributed by atoms with Gasteiger partial charge in [-0.25, -0.2) is 9.55 Å². The minimum absolute atomic E-state index is 1.19. The largest absolute Gasteiger partial charge is 0.287 e. The number of aromatic nitrogens is 2. The van der Waals surface area contributed by atoms with E-state index in [2.05, 4.69) is 60.1 Å². The van der Waals surface area contributed by atoms with Gasteiger partial charge in [-0.1, -0.05) is 12.1 Å². The molecule has 3 rings (SSSR count). The van der Waals surface area contributed by atoms with Crippen molar-refractivity contribution in [2.24, 2.45) is 7.05 Å². The molecule has 2 aromatic heterocycles. The molecular weight excluding hydrogens is 184 g/mol. The van der Waals surface area contributed by atoms with Crippen molar-refractivity contribution in [1.82, 2.24) is 4.98 Å². The molecule has 2 nitrogen and oxygen atoms in total. The van der Waals surface area contributed by atoms with E-state index in [0.29, 0.717) is 0 Å². The lowest BCUT2D eigenvalue weighted by Gasteiger charge is -1.95. The second-order valence-corrected chi connectivity index (χ2v) is 4.00. The molecule has 0 bridgehead atoms. The van der Waals surface area contributed by atoms with E-state index in [-0.39, 0.29) is 0 Å². The molecule has 3 aromatic rings. The number of aromatic amines is 1. The molecule has 0 aliphatic rings. The lowest BCUT2D eigenvalue weighted by molar-refractivity contribution is -0.646. The van der Waals surface area contributed by atoms with Crippen LogP contribution in [0, 0.1) is 6.92 Å². The van der Waals surface area contributed by atoms with Crippen molar-refractivity contribution in [2.45, 2.75) is 6.92 Å². The zero-order chi connectivity index (χ0) is 10.4. The minimum Gasteiger partial charge on any atom is -0.240 e. The highest BCUT2D eigenvalue weighted by molar-refractivity contribution is 6.06. The van der Waals surface area contributed by atoms with E-state index in [1.54, 1.807) is 0 Å². The van der Waals surface area contributed by atoms with Gasteiger partial charge in [-0.05, 0) is 30.7 Å². The molecule has 0 fully saturated rings. The first-order chi connectivity index (χ1) is 7.27. The molecule has 0 amide bonds. The summed E-state index contributed by atoms with van der Waals surface area (Å²) >= 11 is 0. The number of benzene rings is 1. The summed E-state index contributed by atoms with van der Waals surface area (Å²) in [6, 6.07) is 10.6. The Morgan fingerprint density at radius 1 is 1.13 bits per heavy atom. The molecule has 0 atom stereocenters. The molecule has 74 valence electrons. The topological polar surface area (TPSA) is 19.7 Å². The van der Waals surface area contributed by atoms with Gasteiger partial charge in [0.1, 0.15) is 5.52 Å². The number of fused-ring (bicyclic) bond motifs is 3. The molecular formula is C13H13N2+. The van der Waals surface area contributed by atoms with Crippen LogP contribution < -0.4 is 4.57 Å². The summed E-state index contributed by atoms with van der Waals surface area (Å²) in [5.74, 6) is 0. The maximum atomic E-state index is 3.45. The third kappa shape index (κ3) is 1.08. The van der Waals surface area contributed by atoms with E-state index >= 15 is 0 Å². The van der Waals surface area contributed by atoms with E-state index in [1.165, 1.54) is 27.5 Å². The van der Waals surface area contributed by atoms with Crippen LogP contribution in [0.5, 0.6) is 0 Å². The Bertz CT molecular complexity index is 650. The van der Waals surface area contributed by atoms with Crippen LogP contribution in [0.3, 0.4) is 0 Å². The molecule has 1 aromatic carbocycles. The Morgan fingerprint density at radius 3 is 2.80 bits per heavy atom. The van der Waals surface area contributed by atoms with Gasteiger partial charge in [-0.15, -0.1) is 0 Å². The van der Waals surface area contributed by atoms with Crippen LogP contribution in [0.1, 0.15) is 5.56 Å². The van der Waals surface area contributed by atoms with E-state index in [4.69, 9.17) is 0 Å². The fraction of sp³-hybridized carbons (Fsp3) is 0.154. The molecule has 1 N–H and O–H groups in total. The molecule has 0 aliphatic heterocycles. The highest BCUT2D eigenvalue weighted by atomic mass is 15.0. The maximum Gasteiger partial charge on any atom is 0.287 e. The normalized spacial score (nSPS) is 11.3. The molecule has 0 unspecified atom stereocenters. The summed E-state index contributed by atoms with van der Waals surface area (Å²) < 4.78 is 2.13. The fourth-order valence-corrected chi connectivity index (χ4v) is 2.17. The van der Waals surface area contributed by atoms with Gasteiger partial charge in [0.05, 0.1) is 18.6 Å². The van der Waals surface area contributed by atoms with Gasteiger partial charge in [-0.3, -0.25) is 0 Å². The summed E-state index contributed by atoms with van der Waals surface area (Å²) in [5, 5.41) is 2.64. The highest BCUT2D eigenvalue weighted by Gasteiger charge is 2.13. The van der Waals surface area contributed by atoms with Crippen molar-refractivity contribution in [2.75, 3.05) is 0 Å². The lowest BCUT2D eigenvalue weighted by atomic mass is 10.1. The van der Waals surface area contributed by atoms with Crippen LogP contribution >= 0.6 is 0 Å². The molecule has 0 radical (unpaired) electrons. The Labute approximate surface area is 88.2 Å². The first-order valence-corrected chi connectivity index (χ1v) is 5.13. The van der Waals surface area contributed by atoms with Crippen molar-refractivity contribution < 1.29 is 4.57 Å². The fourth-order valence-electron chi connectivity index (χ4n) is 2.17. The maximum absolute atomic E-state index is 3.45. The number of nitrogens with zero attached hydrogens (tertiary/aromatic N) is 1. The number of rotatable bonds is 0. The standard InChI is InChI=1S/C13H12N2/c1-9-7-8-15(2)13-12(9)10-5-3-4-6-11(10)14-13/h3-8H,1-2H3/p+1. The van der Waals surface area contributed by atoms with Crippen molar-refractivity contribution >= 4 is 21.9 Å². The number of nitrogens with one attached hydrogen (secondary N) is 1. The smallest absolute Gasteiger partial charge is 0.240 e.